The predicted octanol–water partition coefficient (Wildman–Crippen LogP) is 2.00. The molecule has 0 aromatic heterocycles. The summed E-state index contributed by atoms with van der Waals surface area (Å²) in [6.07, 6.45) is 1.69. The molecule has 2 rings (SSSR count). The van der Waals surface area contributed by atoms with Gasteiger partial charge >= 0.3 is 0 Å². The fourth-order valence-electron chi connectivity index (χ4n) is 1.53. The van der Waals surface area contributed by atoms with Crippen LogP contribution in [-0.2, 0) is 4.79 Å². The molecule has 2 aromatic carbocycles. The van der Waals surface area contributed by atoms with Crippen LogP contribution in [-0.4, -0.2) is 16.6 Å². The van der Waals surface area contributed by atoms with Crippen LogP contribution < -0.4 is 5.73 Å². The Balaban J connectivity index is 0.000000437. The standard InChI is InChI=1S/C12H10O2.CH3NO/c1-2-9-11(13)7-8-5-3-4-6-10(8)12(9)14;2-1-3/h2-7,13-14H,1H2;1H,(H2,2,3). The molecule has 0 saturated heterocycles. The lowest BCUT2D eigenvalue weighted by molar-refractivity contribution is -0.106. The van der Waals surface area contributed by atoms with Crippen molar-refractivity contribution in [3.63, 3.8) is 0 Å². The number of hydrogen-bond acceptors (Lipinski definition) is 3. The second-order valence-electron chi connectivity index (χ2n) is 3.22. The van der Waals surface area contributed by atoms with E-state index in [4.69, 9.17) is 4.79 Å². The van der Waals surface area contributed by atoms with E-state index in [1.807, 2.05) is 18.2 Å². The molecule has 0 unspecified atom stereocenters. The monoisotopic (exact) mass is 231 g/mol. The molecule has 1 amide bonds. The predicted molar refractivity (Wildman–Crippen MR) is 67.6 cm³/mol. The summed E-state index contributed by atoms with van der Waals surface area (Å²) < 4.78 is 0. The van der Waals surface area contributed by atoms with Crippen LogP contribution in [0.1, 0.15) is 5.56 Å². The average Bonchev–Trinajstić information content (AvgIpc) is 2.30. The highest BCUT2D eigenvalue weighted by Crippen LogP contribution is 2.35. The Kier molecular flexibility index (Phi) is 4.11. The van der Waals surface area contributed by atoms with E-state index in [2.05, 4.69) is 12.3 Å². The number of aromatic hydroxyl groups is 2. The van der Waals surface area contributed by atoms with Crippen molar-refractivity contribution in [3.8, 4) is 11.5 Å². The third-order valence-electron chi connectivity index (χ3n) is 2.24. The number of carbonyl (C=O) groups is 1. The topological polar surface area (TPSA) is 83.6 Å². The van der Waals surface area contributed by atoms with E-state index in [1.165, 1.54) is 6.08 Å². The van der Waals surface area contributed by atoms with Gasteiger partial charge in [-0.05, 0) is 11.5 Å². The Morgan fingerprint density at radius 1 is 1.24 bits per heavy atom. The van der Waals surface area contributed by atoms with Gasteiger partial charge in [-0.2, -0.15) is 0 Å². The highest BCUT2D eigenvalue weighted by molar-refractivity contribution is 5.93. The van der Waals surface area contributed by atoms with E-state index in [0.717, 1.165) is 10.8 Å². The van der Waals surface area contributed by atoms with Crippen LogP contribution in [0.25, 0.3) is 16.8 Å². The van der Waals surface area contributed by atoms with Gasteiger partial charge in [-0.1, -0.05) is 36.9 Å². The molecule has 2 aromatic rings. The minimum atomic E-state index is 0.0520. The molecular formula is C13H13NO3. The summed E-state index contributed by atoms with van der Waals surface area (Å²) in [5, 5.41) is 20.9. The quantitative estimate of drug-likeness (QED) is 0.656. The van der Waals surface area contributed by atoms with Crippen molar-refractivity contribution in [3.05, 3.63) is 42.5 Å². The molecule has 0 atom stereocenters. The summed E-state index contributed by atoms with van der Waals surface area (Å²) >= 11 is 0. The molecule has 0 aliphatic rings. The number of primary amides is 1. The van der Waals surface area contributed by atoms with E-state index in [-0.39, 0.29) is 17.9 Å². The SMILES string of the molecule is C=Cc1c(O)cc2ccccc2c1O.NC=O. The number of hydrogen-bond donors (Lipinski definition) is 3. The number of nitrogens with two attached hydrogens (primary N) is 1. The lowest BCUT2D eigenvalue weighted by Crippen LogP contribution is -1.82. The summed E-state index contributed by atoms with van der Waals surface area (Å²) in [7, 11) is 0. The van der Waals surface area contributed by atoms with Crippen molar-refractivity contribution in [2.24, 2.45) is 5.73 Å². The van der Waals surface area contributed by atoms with Gasteiger partial charge in [-0.15, -0.1) is 0 Å². The van der Waals surface area contributed by atoms with Crippen LogP contribution in [0.4, 0.5) is 0 Å². The molecule has 0 radical (unpaired) electrons. The van der Waals surface area contributed by atoms with Crippen molar-refractivity contribution < 1.29 is 15.0 Å². The molecule has 4 nitrogen and oxygen atoms in total. The van der Waals surface area contributed by atoms with Crippen molar-refractivity contribution in [2.45, 2.75) is 0 Å². The molecule has 4 N–H and O–H groups in total. The summed E-state index contributed by atoms with van der Waals surface area (Å²) in [4.78, 5) is 8.58. The lowest BCUT2D eigenvalue weighted by atomic mass is 10.0. The van der Waals surface area contributed by atoms with E-state index in [9.17, 15) is 10.2 Å². The van der Waals surface area contributed by atoms with Crippen LogP contribution in [0.3, 0.4) is 0 Å². The van der Waals surface area contributed by atoms with E-state index < -0.39 is 0 Å². The van der Waals surface area contributed by atoms with E-state index in [0.29, 0.717) is 5.56 Å². The first-order valence-electron chi connectivity index (χ1n) is 4.87. The van der Waals surface area contributed by atoms with E-state index >= 15 is 0 Å². The van der Waals surface area contributed by atoms with Gasteiger partial charge in [0.15, 0.2) is 0 Å². The normalized spacial score (nSPS) is 9.18. The zero-order chi connectivity index (χ0) is 12.8. The molecule has 17 heavy (non-hydrogen) atoms. The van der Waals surface area contributed by atoms with Crippen LogP contribution in [0, 0.1) is 0 Å². The highest BCUT2D eigenvalue weighted by Gasteiger charge is 2.08. The van der Waals surface area contributed by atoms with Crippen LogP contribution >= 0.6 is 0 Å². The van der Waals surface area contributed by atoms with Gasteiger partial charge in [0.05, 0.1) is 5.56 Å². The zero-order valence-electron chi connectivity index (χ0n) is 9.13. The van der Waals surface area contributed by atoms with Gasteiger partial charge in [-0.25, -0.2) is 0 Å². The molecule has 0 heterocycles. The first kappa shape index (κ1) is 12.6. The first-order valence-corrected chi connectivity index (χ1v) is 4.87. The molecule has 0 bridgehead atoms. The summed E-state index contributed by atoms with van der Waals surface area (Å²) in [6.45, 7) is 3.54. The summed E-state index contributed by atoms with van der Waals surface area (Å²) in [6, 6.07) is 8.95. The number of benzene rings is 2. The Morgan fingerprint density at radius 2 is 1.82 bits per heavy atom. The van der Waals surface area contributed by atoms with Crippen molar-refractivity contribution in [2.75, 3.05) is 0 Å². The first-order chi connectivity index (χ1) is 8.15. The van der Waals surface area contributed by atoms with Gasteiger partial charge in [-0.3, -0.25) is 4.79 Å². The third-order valence-corrected chi connectivity index (χ3v) is 2.24. The summed E-state index contributed by atoms with van der Waals surface area (Å²) in [5.41, 5.74) is 4.55. The van der Waals surface area contributed by atoms with Crippen LogP contribution in [0.2, 0.25) is 0 Å². The fourth-order valence-corrected chi connectivity index (χ4v) is 1.53. The number of rotatable bonds is 1. The average molecular weight is 231 g/mol. The second-order valence-corrected chi connectivity index (χ2v) is 3.22. The van der Waals surface area contributed by atoms with Gasteiger partial charge in [0, 0.05) is 5.39 Å². The summed E-state index contributed by atoms with van der Waals surface area (Å²) in [5.74, 6) is 0.131. The second kappa shape index (κ2) is 5.55. The van der Waals surface area contributed by atoms with Crippen LogP contribution in [0.15, 0.2) is 36.9 Å². The maximum Gasteiger partial charge on any atom is 0.204 e. The van der Waals surface area contributed by atoms with Crippen molar-refractivity contribution in [1.82, 2.24) is 0 Å². The van der Waals surface area contributed by atoms with Crippen molar-refractivity contribution in [1.29, 1.82) is 0 Å². The highest BCUT2D eigenvalue weighted by atomic mass is 16.3. The molecule has 0 saturated carbocycles. The molecule has 0 aliphatic heterocycles. The Morgan fingerprint density at radius 3 is 2.41 bits per heavy atom. The molecule has 0 fully saturated rings. The maximum absolute atomic E-state index is 9.80. The van der Waals surface area contributed by atoms with Gasteiger partial charge in [0.25, 0.3) is 0 Å². The smallest absolute Gasteiger partial charge is 0.204 e. The van der Waals surface area contributed by atoms with Gasteiger partial charge < -0.3 is 15.9 Å². The molecule has 4 heteroatoms. The Bertz CT molecular complexity index is 550. The fraction of sp³-hybridized carbons (Fsp3) is 0. The molecule has 0 spiro atoms. The van der Waals surface area contributed by atoms with Crippen molar-refractivity contribution >= 4 is 23.3 Å². The molecule has 0 aliphatic carbocycles. The number of phenols is 2. The number of amides is 1. The van der Waals surface area contributed by atoms with E-state index in [1.54, 1.807) is 12.1 Å². The number of fused-ring (bicyclic) bond motifs is 1. The Labute approximate surface area is 98.6 Å². The number of phenolic OH excluding ortho intramolecular Hbond substituents is 2. The maximum atomic E-state index is 9.80. The minimum absolute atomic E-state index is 0.0520. The van der Waals surface area contributed by atoms with Gasteiger partial charge in [0.1, 0.15) is 11.5 Å². The molecular weight excluding hydrogens is 218 g/mol. The lowest BCUT2D eigenvalue weighted by Gasteiger charge is -2.06. The van der Waals surface area contributed by atoms with Gasteiger partial charge in [0.2, 0.25) is 6.41 Å². The Hall–Kier alpha value is -2.49. The molecule has 88 valence electrons. The third kappa shape index (κ3) is 2.55. The zero-order valence-corrected chi connectivity index (χ0v) is 9.13. The largest absolute Gasteiger partial charge is 0.507 e. The number of carbonyl (C=O) groups excluding carboxylic acids is 1. The van der Waals surface area contributed by atoms with Crippen LogP contribution in [0.5, 0.6) is 11.5 Å². The minimum Gasteiger partial charge on any atom is -0.507 e.